The number of nitrogens with zero attached hydrogens (tertiary/aromatic N) is 1. The Hall–Kier alpha value is -3.07. The van der Waals surface area contributed by atoms with E-state index in [1.165, 1.54) is 18.2 Å². The lowest BCUT2D eigenvalue weighted by Gasteiger charge is -2.06. The molecule has 3 aromatic rings. The molecular weight excluding hydrogens is 371 g/mol. The van der Waals surface area contributed by atoms with Gasteiger partial charge in [-0.1, -0.05) is 23.9 Å². The number of amides is 3. The molecule has 3 amide bonds. The van der Waals surface area contributed by atoms with Gasteiger partial charge in [-0.05, 0) is 31.2 Å². The first-order chi connectivity index (χ1) is 13.0. The molecule has 0 saturated heterocycles. The number of halogens is 1. The molecule has 1 aromatic heterocycles. The highest BCUT2D eigenvalue weighted by atomic mass is 32.2. The zero-order chi connectivity index (χ0) is 19.2. The second kappa shape index (κ2) is 8.54. The topological polar surface area (TPSA) is 96.1 Å². The number of aromatic nitrogens is 2. The van der Waals surface area contributed by atoms with Crippen molar-refractivity contribution in [1.29, 1.82) is 0 Å². The molecule has 0 bridgehead atoms. The minimum Gasteiger partial charge on any atom is -0.494 e. The summed E-state index contributed by atoms with van der Waals surface area (Å²) in [5, 5.41) is 4.98. The van der Waals surface area contributed by atoms with Gasteiger partial charge < -0.3 is 15.0 Å². The van der Waals surface area contributed by atoms with Gasteiger partial charge in [0.1, 0.15) is 11.6 Å². The third kappa shape index (κ3) is 4.98. The number of imidazole rings is 1. The Morgan fingerprint density at radius 3 is 2.85 bits per heavy atom. The third-order valence-electron chi connectivity index (χ3n) is 3.46. The van der Waals surface area contributed by atoms with E-state index in [0.29, 0.717) is 11.8 Å². The fraction of sp³-hybridized carbons (Fsp3) is 0.167. The number of hydrogen-bond acceptors (Lipinski definition) is 5. The van der Waals surface area contributed by atoms with Crippen molar-refractivity contribution in [3.63, 3.8) is 0 Å². The van der Waals surface area contributed by atoms with Crippen LogP contribution >= 0.6 is 11.8 Å². The van der Waals surface area contributed by atoms with Gasteiger partial charge in [-0.3, -0.25) is 10.1 Å². The van der Waals surface area contributed by atoms with Gasteiger partial charge in [0.15, 0.2) is 5.16 Å². The van der Waals surface area contributed by atoms with Crippen LogP contribution in [-0.2, 0) is 4.79 Å². The maximum atomic E-state index is 13.5. The second-order valence-electron chi connectivity index (χ2n) is 5.42. The van der Waals surface area contributed by atoms with Crippen LogP contribution in [0.4, 0.5) is 14.9 Å². The smallest absolute Gasteiger partial charge is 0.325 e. The van der Waals surface area contributed by atoms with E-state index in [0.717, 1.165) is 28.5 Å². The van der Waals surface area contributed by atoms with Gasteiger partial charge in [-0.2, -0.15) is 0 Å². The first-order valence-electron chi connectivity index (χ1n) is 8.16. The lowest BCUT2D eigenvalue weighted by molar-refractivity contribution is -0.117. The van der Waals surface area contributed by atoms with Crippen LogP contribution < -0.4 is 15.4 Å². The van der Waals surface area contributed by atoms with E-state index in [2.05, 4.69) is 20.6 Å². The minimum absolute atomic E-state index is 0.00200. The molecule has 7 nitrogen and oxygen atoms in total. The monoisotopic (exact) mass is 388 g/mol. The van der Waals surface area contributed by atoms with Crippen LogP contribution in [0.15, 0.2) is 47.6 Å². The molecule has 0 aliphatic rings. The Kier molecular flexibility index (Phi) is 5.92. The van der Waals surface area contributed by atoms with E-state index < -0.39 is 17.8 Å². The Morgan fingerprint density at radius 1 is 1.26 bits per heavy atom. The molecule has 0 atom stereocenters. The second-order valence-corrected chi connectivity index (χ2v) is 6.39. The number of imide groups is 1. The number of carbonyl (C=O) groups excluding carboxylic acids is 2. The van der Waals surface area contributed by atoms with Crippen LogP contribution in [0.2, 0.25) is 0 Å². The fourth-order valence-corrected chi connectivity index (χ4v) is 2.99. The number of benzene rings is 2. The van der Waals surface area contributed by atoms with Crippen molar-refractivity contribution in [1.82, 2.24) is 15.3 Å². The molecule has 140 valence electrons. The fourth-order valence-electron chi connectivity index (χ4n) is 2.30. The summed E-state index contributed by atoms with van der Waals surface area (Å²) < 4.78 is 18.9. The molecule has 0 aliphatic carbocycles. The van der Waals surface area contributed by atoms with Crippen LogP contribution in [0, 0.1) is 5.82 Å². The SMILES string of the molecule is CCOc1ccc2nc(SCC(=O)NC(=O)Nc3ccccc3F)[nH]c2c1. The number of carbonyl (C=O) groups is 2. The third-order valence-corrected chi connectivity index (χ3v) is 4.33. The molecule has 27 heavy (non-hydrogen) atoms. The Balaban J connectivity index is 1.53. The van der Waals surface area contributed by atoms with Gasteiger partial charge >= 0.3 is 6.03 Å². The number of hydrogen-bond donors (Lipinski definition) is 3. The maximum Gasteiger partial charge on any atom is 0.325 e. The van der Waals surface area contributed by atoms with E-state index >= 15 is 0 Å². The zero-order valence-corrected chi connectivity index (χ0v) is 15.2. The largest absolute Gasteiger partial charge is 0.494 e. The van der Waals surface area contributed by atoms with Gasteiger partial charge in [0.2, 0.25) is 5.91 Å². The van der Waals surface area contributed by atoms with E-state index in [-0.39, 0.29) is 11.4 Å². The summed E-state index contributed by atoms with van der Waals surface area (Å²) in [6, 6.07) is 10.4. The minimum atomic E-state index is -0.795. The molecule has 1 heterocycles. The van der Waals surface area contributed by atoms with Gasteiger partial charge in [-0.15, -0.1) is 0 Å². The zero-order valence-electron chi connectivity index (χ0n) is 14.4. The standard InChI is InChI=1S/C18H17FN4O3S/c1-2-26-11-7-8-14-15(9-11)22-18(21-14)27-10-16(24)23-17(25)20-13-6-4-3-5-12(13)19/h3-9H,2,10H2,1H3,(H,21,22)(H2,20,23,24,25). The summed E-state index contributed by atoms with van der Waals surface area (Å²) in [4.78, 5) is 31.1. The predicted octanol–water partition coefficient (Wildman–Crippen LogP) is 3.54. The van der Waals surface area contributed by atoms with Crippen molar-refractivity contribution < 1.29 is 18.7 Å². The van der Waals surface area contributed by atoms with E-state index in [9.17, 15) is 14.0 Å². The number of nitrogens with one attached hydrogen (secondary N) is 3. The highest BCUT2D eigenvalue weighted by Crippen LogP contribution is 2.23. The van der Waals surface area contributed by atoms with Gasteiger partial charge in [0, 0.05) is 6.07 Å². The Morgan fingerprint density at radius 2 is 2.07 bits per heavy atom. The number of urea groups is 1. The maximum absolute atomic E-state index is 13.5. The molecule has 3 rings (SSSR count). The quantitative estimate of drug-likeness (QED) is 0.561. The molecule has 0 unspecified atom stereocenters. The van der Waals surface area contributed by atoms with Crippen LogP contribution in [0.5, 0.6) is 5.75 Å². The van der Waals surface area contributed by atoms with E-state index in [4.69, 9.17) is 4.74 Å². The summed E-state index contributed by atoms with van der Waals surface area (Å²) in [5.74, 6) is -0.400. The average molecular weight is 388 g/mol. The molecule has 0 aliphatic heterocycles. The first-order valence-corrected chi connectivity index (χ1v) is 9.14. The van der Waals surface area contributed by atoms with Crippen molar-refractivity contribution in [2.45, 2.75) is 12.1 Å². The summed E-state index contributed by atoms with van der Waals surface area (Å²) in [6.07, 6.45) is 0. The summed E-state index contributed by atoms with van der Waals surface area (Å²) in [7, 11) is 0. The summed E-state index contributed by atoms with van der Waals surface area (Å²) in [5.41, 5.74) is 1.54. The van der Waals surface area contributed by atoms with Crippen LogP contribution in [0.3, 0.4) is 0 Å². The first kappa shape index (κ1) is 18.7. The van der Waals surface area contributed by atoms with Crippen molar-refractivity contribution in [2.75, 3.05) is 17.7 Å². The Labute approximate surface area is 158 Å². The highest BCUT2D eigenvalue weighted by molar-refractivity contribution is 7.99. The number of H-pyrrole nitrogens is 1. The van der Waals surface area contributed by atoms with Gasteiger partial charge in [0.25, 0.3) is 0 Å². The lowest BCUT2D eigenvalue weighted by Crippen LogP contribution is -2.35. The molecule has 0 spiro atoms. The van der Waals surface area contributed by atoms with Crippen molar-refractivity contribution in [3.05, 3.63) is 48.3 Å². The lowest BCUT2D eigenvalue weighted by atomic mass is 10.3. The molecular formula is C18H17FN4O3S. The molecule has 3 N–H and O–H groups in total. The average Bonchev–Trinajstić information content (AvgIpc) is 3.04. The molecule has 9 heteroatoms. The summed E-state index contributed by atoms with van der Waals surface area (Å²) >= 11 is 1.15. The van der Waals surface area contributed by atoms with Crippen LogP contribution in [-0.4, -0.2) is 34.3 Å². The Bertz CT molecular complexity index is 976. The van der Waals surface area contributed by atoms with E-state index in [1.807, 2.05) is 25.1 Å². The van der Waals surface area contributed by atoms with Gasteiger partial charge in [0.05, 0.1) is 29.1 Å². The highest BCUT2D eigenvalue weighted by Gasteiger charge is 2.12. The number of rotatable bonds is 6. The molecule has 0 fully saturated rings. The van der Waals surface area contributed by atoms with Crippen molar-refractivity contribution >= 4 is 40.4 Å². The van der Waals surface area contributed by atoms with Crippen LogP contribution in [0.25, 0.3) is 11.0 Å². The number of anilines is 1. The van der Waals surface area contributed by atoms with Crippen molar-refractivity contribution in [2.24, 2.45) is 0 Å². The number of fused-ring (bicyclic) bond motifs is 1. The van der Waals surface area contributed by atoms with Crippen LogP contribution in [0.1, 0.15) is 6.92 Å². The van der Waals surface area contributed by atoms with Crippen molar-refractivity contribution in [3.8, 4) is 5.75 Å². The molecule has 2 aromatic carbocycles. The number of aromatic amines is 1. The molecule has 0 radical (unpaired) electrons. The number of ether oxygens (including phenoxy) is 1. The number of thioether (sulfide) groups is 1. The van der Waals surface area contributed by atoms with Gasteiger partial charge in [-0.25, -0.2) is 14.2 Å². The summed E-state index contributed by atoms with van der Waals surface area (Å²) in [6.45, 7) is 2.47. The predicted molar refractivity (Wildman–Crippen MR) is 102 cm³/mol. The number of para-hydroxylation sites is 1. The van der Waals surface area contributed by atoms with E-state index in [1.54, 1.807) is 6.07 Å². The molecule has 0 saturated carbocycles. The normalized spacial score (nSPS) is 10.6.